The van der Waals surface area contributed by atoms with Gasteiger partial charge in [0.1, 0.15) is 5.82 Å². The van der Waals surface area contributed by atoms with Crippen molar-refractivity contribution in [3.8, 4) is 22.6 Å². The summed E-state index contributed by atoms with van der Waals surface area (Å²) >= 11 is 5.85. The summed E-state index contributed by atoms with van der Waals surface area (Å²) in [6.07, 6.45) is 2.49. The summed E-state index contributed by atoms with van der Waals surface area (Å²) in [5.74, 6) is -1.55. The summed E-state index contributed by atoms with van der Waals surface area (Å²) in [4.78, 5) is 11.4. The van der Waals surface area contributed by atoms with Crippen molar-refractivity contribution in [2.45, 2.75) is 6.54 Å². The summed E-state index contributed by atoms with van der Waals surface area (Å²) in [5, 5.41) is 19.1. The molecular weight excluding hydrogens is 333 g/mol. The molecule has 0 aliphatic rings. The normalized spacial score (nSPS) is 10.8. The molecule has 6 heteroatoms. The van der Waals surface area contributed by atoms with Crippen LogP contribution in [0.4, 0.5) is 4.39 Å². The fraction of sp³-hybridized carbons (Fsp3) is 0.0556. The Balaban J connectivity index is 2.04. The Hall–Kier alpha value is -2.79. The summed E-state index contributed by atoms with van der Waals surface area (Å²) in [6.45, 7) is 0.298. The molecule has 0 unspecified atom stereocenters. The lowest BCUT2D eigenvalue weighted by Gasteiger charge is -2.13. The highest BCUT2D eigenvalue weighted by Gasteiger charge is 2.10. The van der Waals surface area contributed by atoms with Gasteiger partial charge in [0, 0.05) is 6.54 Å². The van der Waals surface area contributed by atoms with Crippen LogP contribution >= 0.6 is 11.6 Å². The lowest BCUT2D eigenvalue weighted by Crippen LogP contribution is -2.08. The fourth-order valence-electron chi connectivity index (χ4n) is 2.49. The van der Waals surface area contributed by atoms with Crippen molar-refractivity contribution in [1.82, 2.24) is 4.57 Å². The van der Waals surface area contributed by atoms with Crippen LogP contribution in [0, 0.1) is 5.82 Å². The average Bonchev–Trinajstić information content (AvgIpc) is 2.56. The Bertz CT molecular complexity index is 942. The molecule has 122 valence electrons. The highest BCUT2D eigenvalue weighted by molar-refractivity contribution is 6.31. The predicted molar refractivity (Wildman–Crippen MR) is 90.0 cm³/mol. The Morgan fingerprint density at radius 3 is 2.38 bits per heavy atom. The van der Waals surface area contributed by atoms with Crippen molar-refractivity contribution >= 4 is 11.6 Å². The second-order valence-electron chi connectivity index (χ2n) is 5.32. The maximum absolute atomic E-state index is 13.4. The summed E-state index contributed by atoms with van der Waals surface area (Å²) < 4.78 is 14.9. The van der Waals surface area contributed by atoms with Crippen LogP contribution in [0.1, 0.15) is 5.56 Å². The summed E-state index contributed by atoms with van der Waals surface area (Å²) in [7, 11) is 0. The second-order valence-corrected chi connectivity index (χ2v) is 5.72. The van der Waals surface area contributed by atoms with E-state index in [2.05, 4.69) is 0 Å². The largest absolute Gasteiger partial charge is 0.503 e. The van der Waals surface area contributed by atoms with E-state index in [1.54, 1.807) is 6.07 Å². The first-order valence-corrected chi connectivity index (χ1v) is 7.49. The van der Waals surface area contributed by atoms with Gasteiger partial charge in [-0.15, -0.1) is 0 Å². The van der Waals surface area contributed by atoms with E-state index in [4.69, 9.17) is 11.6 Å². The Morgan fingerprint density at radius 1 is 1.04 bits per heavy atom. The van der Waals surface area contributed by atoms with E-state index < -0.39 is 22.7 Å². The molecule has 0 spiro atoms. The molecule has 2 N–H and O–H groups in total. The minimum absolute atomic E-state index is 0.0287. The maximum atomic E-state index is 13.4. The van der Waals surface area contributed by atoms with Gasteiger partial charge in [0.05, 0.1) is 17.4 Å². The molecule has 3 aromatic rings. The van der Waals surface area contributed by atoms with Crippen molar-refractivity contribution in [3.63, 3.8) is 0 Å². The van der Waals surface area contributed by atoms with Crippen LogP contribution in [0.25, 0.3) is 11.1 Å². The molecule has 1 aromatic heterocycles. The number of halogens is 2. The van der Waals surface area contributed by atoms with E-state index in [0.717, 1.165) is 16.7 Å². The van der Waals surface area contributed by atoms with Crippen molar-refractivity contribution in [3.05, 3.63) is 81.5 Å². The minimum atomic E-state index is -0.815. The van der Waals surface area contributed by atoms with Crippen LogP contribution in [-0.4, -0.2) is 14.8 Å². The van der Waals surface area contributed by atoms with Gasteiger partial charge in [-0.2, -0.15) is 0 Å². The first kappa shape index (κ1) is 16.1. The highest BCUT2D eigenvalue weighted by Crippen LogP contribution is 2.28. The maximum Gasteiger partial charge on any atom is 0.264 e. The van der Waals surface area contributed by atoms with Crippen molar-refractivity contribution in [2.24, 2.45) is 0 Å². The van der Waals surface area contributed by atoms with Gasteiger partial charge in [0.15, 0.2) is 11.5 Å². The summed E-state index contributed by atoms with van der Waals surface area (Å²) in [5.41, 5.74) is 1.61. The Kier molecular flexibility index (Phi) is 4.27. The number of hydrogen-bond acceptors (Lipinski definition) is 3. The van der Waals surface area contributed by atoms with E-state index in [9.17, 15) is 19.4 Å². The number of nitrogens with zero attached hydrogens (tertiary/aromatic N) is 1. The number of hydrogen-bond donors (Lipinski definition) is 2. The molecule has 0 bridgehead atoms. The predicted octanol–water partition coefficient (Wildman–Crippen LogP) is 3.77. The van der Waals surface area contributed by atoms with Crippen molar-refractivity contribution < 1.29 is 14.6 Å². The molecule has 0 saturated carbocycles. The topological polar surface area (TPSA) is 62.5 Å². The first-order chi connectivity index (χ1) is 11.5. The number of benzene rings is 2. The van der Waals surface area contributed by atoms with Gasteiger partial charge in [0.2, 0.25) is 0 Å². The lowest BCUT2D eigenvalue weighted by molar-refractivity contribution is 0.429. The number of pyridine rings is 1. The molecule has 1 heterocycles. The second kappa shape index (κ2) is 6.37. The zero-order valence-corrected chi connectivity index (χ0v) is 13.2. The van der Waals surface area contributed by atoms with Gasteiger partial charge in [-0.05, 0) is 28.8 Å². The van der Waals surface area contributed by atoms with Crippen LogP contribution in [0.15, 0.2) is 59.7 Å². The van der Waals surface area contributed by atoms with E-state index in [0.29, 0.717) is 6.54 Å². The molecule has 4 nitrogen and oxygen atoms in total. The molecule has 24 heavy (non-hydrogen) atoms. The molecule has 2 aromatic carbocycles. The molecule has 0 saturated heterocycles. The van der Waals surface area contributed by atoms with E-state index >= 15 is 0 Å². The van der Waals surface area contributed by atoms with E-state index in [1.807, 2.05) is 24.3 Å². The number of aromatic nitrogens is 1. The van der Waals surface area contributed by atoms with E-state index in [-0.39, 0.29) is 5.02 Å². The molecule has 0 atom stereocenters. The zero-order valence-electron chi connectivity index (χ0n) is 12.4. The third kappa shape index (κ3) is 3.12. The van der Waals surface area contributed by atoms with Crippen molar-refractivity contribution in [2.75, 3.05) is 0 Å². The van der Waals surface area contributed by atoms with Crippen LogP contribution in [-0.2, 0) is 6.54 Å². The quantitative estimate of drug-likeness (QED) is 0.759. The van der Waals surface area contributed by atoms with Gasteiger partial charge in [-0.3, -0.25) is 4.79 Å². The lowest BCUT2D eigenvalue weighted by atomic mass is 9.99. The smallest absolute Gasteiger partial charge is 0.264 e. The third-order valence-electron chi connectivity index (χ3n) is 3.64. The SMILES string of the molecule is O=c1c(O)cn(Cc2ccccc2-c2ccc(F)c(Cl)c2)cc1O. The van der Waals surface area contributed by atoms with Gasteiger partial charge in [0.25, 0.3) is 5.43 Å². The van der Waals surface area contributed by atoms with Crippen LogP contribution in [0.2, 0.25) is 5.02 Å². The van der Waals surface area contributed by atoms with Crippen molar-refractivity contribution in [1.29, 1.82) is 0 Å². The number of aromatic hydroxyl groups is 2. The molecule has 0 aliphatic carbocycles. The van der Waals surface area contributed by atoms with Crippen LogP contribution in [0.3, 0.4) is 0 Å². The van der Waals surface area contributed by atoms with Gasteiger partial charge in [-0.1, -0.05) is 41.9 Å². The van der Waals surface area contributed by atoms with Gasteiger partial charge in [-0.25, -0.2) is 4.39 Å². The third-order valence-corrected chi connectivity index (χ3v) is 3.93. The standard InChI is InChI=1S/C18H13ClFNO3/c19-14-7-11(5-6-15(14)20)13-4-2-1-3-12(13)8-21-9-16(22)18(24)17(23)10-21/h1-7,9-10,22-23H,8H2. The fourth-order valence-corrected chi connectivity index (χ4v) is 2.67. The minimum Gasteiger partial charge on any atom is -0.503 e. The molecular formula is C18H13ClFNO3. The van der Waals surface area contributed by atoms with E-state index in [1.165, 1.54) is 29.1 Å². The molecule has 0 aliphatic heterocycles. The molecule has 0 radical (unpaired) electrons. The highest BCUT2D eigenvalue weighted by atomic mass is 35.5. The summed E-state index contributed by atoms with van der Waals surface area (Å²) in [6, 6.07) is 11.9. The van der Waals surface area contributed by atoms with Gasteiger partial charge >= 0.3 is 0 Å². The molecule has 0 amide bonds. The number of rotatable bonds is 3. The van der Waals surface area contributed by atoms with Crippen LogP contribution < -0.4 is 5.43 Å². The Labute approximate surface area is 142 Å². The zero-order chi connectivity index (χ0) is 17.3. The van der Waals surface area contributed by atoms with Crippen LogP contribution in [0.5, 0.6) is 11.5 Å². The molecule has 3 rings (SSSR count). The molecule has 0 fully saturated rings. The first-order valence-electron chi connectivity index (χ1n) is 7.11. The van der Waals surface area contributed by atoms with Gasteiger partial charge < -0.3 is 14.8 Å². The monoisotopic (exact) mass is 345 g/mol. The Morgan fingerprint density at radius 2 is 1.71 bits per heavy atom. The average molecular weight is 346 g/mol.